The van der Waals surface area contributed by atoms with Crippen LogP contribution in [0.4, 0.5) is 24.5 Å². The van der Waals surface area contributed by atoms with E-state index in [0.29, 0.717) is 5.69 Å². The zero-order valence-electron chi connectivity index (χ0n) is 9.63. The first-order valence-corrected chi connectivity index (χ1v) is 5.57. The highest BCUT2D eigenvalue weighted by Gasteiger charge is 2.32. The smallest absolute Gasteiger partial charge is 0.404 e. The lowest BCUT2D eigenvalue weighted by atomic mass is 10.2. The Balaban J connectivity index is 2.19. The van der Waals surface area contributed by atoms with Gasteiger partial charge in [-0.05, 0) is 12.1 Å². The van der Waals surface area contributed by atoms with Crippen LogP contribution in [0.1, 0.15) is 0 Å². The summed E-state index contributed by atoms with van der Waals surface area (Å²) in [5, 5.41) is 3.17. The molecule has 1 aliphatic heterocycles. The molecule has 1 heterocycles. The van der Waals surface area contributed by atoms with E-state index < -0.39 is 6.36 Å². The lowest BCUT2D eigenvalue weighted by Gasteiger charge is -2.29. The summed E-state index contributed by atoms with van der Waals surface area (Å²) >= 11 is 0. The minimum absolute atomic E-state index is 0.0220. The second-order valence-electron chi connectivity index (χ2n) is 4.01. The predicted octanol–water partition coefficient (Wildman–Crippen LogP) is 1.58. The van der Waals surface area contributed by atoms with E-state index in [-0.39, 0.29) is 11.4 Å². The second-order valence-corrected chi connectivity index (χ2v) is 4.01. The van der Waals surface area contributed by atoms with E-state index in [1.807, 2.05) is 4.90 Å². The molecule has 0 amide bonds. The van der Waals surface area contributed by atoms with Crippen molar-refractivity contribution in [2.24, 2.45) is 0 Å². The molecule has 0 aromatic heterocycles. The monoisotopic (exact) mass is 261 g/mol. The minimum atomic E-state index is -4.73. The topological polar surface area (TPSA) is 50.5 Å². The first kappa shape index (κ1) is 12.8. The third-order valence-corrected chi connectivity index (χ3v) is 2.70. The number of nitrogens with one attached hydrogen (secondary N) is 1. The van der Waals surface area contributed by atoms with Gasteiger partial charge in [-0.15, -0.1) is 13.2 Å². The number of ether oxygens (including phenoxy) is 1. The van der Waals surface area contributed by atoms with E-state index in [1.54, 1.807) is 6.07 Å². The third-order valence-electron chi connectivity index (χ3n) is 2.70. The van der Waals surface area contributed by atoms with Crippen molar-refractivity contribution in [3.05, 3.63) is 18.2 Å². The van der Waals surface area contributed by atoms with Gasteiger partial charge in [0.1, 0.15) is 0 Å². The quantitative estimate of drug-likeness (QED) is 0.794. The number of alkyl halides is 3. The summed E-state index contributed by atoms with van der Waals surface area (Å²) < 4.78 is 40.5. The van der Waals surface area contributed by atoms with Crippen molar-refractivity contribution >= 4 is 11.4 Å². The maximum absolute atomic E-state index is 12.2. The third kappa shape index (κ3) is 3.19. The normalized spacial score (nSPS) is 16.7. The summed E-state index contributed by atoms with van der Waals surface area (Å²) in [5.74, 6) is -0.349. The zero-order valence-corrected chi connectivity index (χ0v) is 9.63. The number of rotatable bonds is 2. The van der Waals surface area contributed by atoms with Gasteiger partial charge in [0.2, 0.25) is 0 Å². The van der Waals surface area contributed by atoms with Crippen LogP contribution >= 0.6 is 0 Å². The molecular formula is C11H14F3N3O. The molecule has 4 nitrogen and oxygen atoms in total. The molecule has 18 heavy (non-hydrogen) atoms. The Morgan fingerprint density at radius 2 is 1.89 bits per heavy atom. The second kappa shape index (κ2) is 4.93. The van der Waals surface area contributed by atoms with Gasteiger partial charge in [0, 0.05) is 37.9 Å². The molecule has 1 aromatic carbocycles. The molecule has 1 saturated heterocycles. The first-order valence-electron chi connectivity index (χ1n) is 5.57. The molecule has 0 radical (unpaired) electrons. The minimum Gasteiger partial charge on any atom is -0.404 e. The lowest BCUT2D eigenvalue weighted by Crippen LogP contribution is -2.43. The highest BCUT2D eigenvalue weighted by atomic mass is 19.4. The van der Waals surface area contributed by atoms with Gasteiger partial charge < -0.3 is 20.7 Å². The van der Waals surface area contributed by atoms with Crippen LogP contribution in [0, 0.1) is 0 Å². The molecule has 0 aliphatic carbocycles. The van der Waals surface area contributed by atoms with E-state index in [4.69, 9.17) is 5.73 Å². The Hall–Kier alpha value is -1.63. The molecule has 0 saturated carbocycles. The van der Waals surface area contributed by atoms with Gasteiger partial charge in [0.15, 0.2) is 5.75 Å². The number of halogens is 3. The Kier molecular flexibility index (Phi) is 3.51. The van der Waals surface area contributed by atoms with Crippen LogP contribution in [-0.2, 0) is 0 Å². The fraction of sp³-hybridized carbons (Fsp3) is 0.455. The summed E-state index contributed by atoms with van der Waals surface area (Å²) in [6.07, 6.45) is -4.73. The summed E-state index contributed by atoms with van der Waals surface area (Å²) in [7, 11) is 0. The van der Waals surface area contributed by atoms with Gasteiger partial charge in [0.25, 0.3) is 0 Å². The maximum Gasteiger partial charge on any atom is 0.573 e. The van der Waals surface area contributed by atoms with Crippen LogP contribution < -0.4 is 20.7 Å². The molecule has 0 bridgehead atoms. The molecular weight excluding hydrogens is 247 g/mol. The number of nitrogen functional groups attached to an aromatic ring is 1. The number of benzene rings is 1. The number of anilines is 2. The maximum atomic E-state index is 12.2. The van der Waals surface area contributed by atoms with Gasteiger partial charge in [-0.1, -0.05) is 0 Å². The van der Waals surface area contributed by atoms with Crippen molar-refractivity contribution in [2.75, 3.05) is 36.8 Å². The Morgan fingerprint density at radius 1 is 1.22 bits per heavy atom. The van der Waals surface area contributed by atoms with Crippen molar-refractivity contribution in [1.29, 1.82) is 0 Å². The van der Waals surface area contributed by atoms with E-state index >= 15 is 0 Å². The molecule has 1 aliphatic rings. The molecule has 3 N–H and O–H groups in total. The Labute approximate surface area is 103 Å². The fourth-order valence-electron chi connectivity index (χ4n) is 1.86. The number of piperazine rings is 1. The molecule has 0 spiro atoms. The fourth-order valence-corrected chi connectivity index (χ4v) is 1.86. The van der Waals surface area contributed by atoms with Crippen LogP contribution in [-0.4, -0.2) is 32.5 Å². The highest BCUT2D eigenvalue weighted by Crippen LogP contribution is 2.32. The van der Waals surface area contributed by atoms with Crippen molar-refractivity contribution in [3.8, 4) is 5.75 Å². The molecule has 7 heteroatoms. The van der Waals surface area contributed by atoms with Gasteiger partial charge in [-0.3, -0.25) is 0 Å². The summed E-state index contributed by atoms with van der Waals surface area (Å²) in [5.41, 5.74) is 6.13. The van der Waals surface area contributed by atoms with Gasteiger partial charge in [0.05, 0.1) is 5.69 Å². The van der Waals surface area contributed by atoms with E-state index in [0.717, 1.165) is 26.2 Å². The van der Waals surface area contributed by atoms with Crippen LogP contribution in [0.25, 0.3) is 0 Å². The van der Waals surface area contributed by atoms with Crippen LogP contribution in [0.5, 0.6) is 5.75 Å². The molecule has 100 valence electrons. The zero-order chi connectivity index (χ0) is 13.2. The van der Waals surface area contributed by atoms with Crippen LogP contribution in [0.2, 0.25) is 0 Å². The van der Waals surface area contributed by atoms with Gasteiger partial charge in [-0.2, -0.15) is 0 Å². The van der Waals surface area contributed by atoms with Crippen LogP contribution in [0.15, 0.2) is 18.2 Å². The average molecular weight is 261 g/mol. The van der Waals surface area contributed by atoms with Crippen LogP contribution in [0.3, 0.4) is 0 Å². The Morgan fingerprint density at radius 3 is 2.50 bits per heavy atom. The molecule has 2 rings (SSSR count). The van der Waals surface area contributed by atoms with Crippen molar-refractivity contribution in [3.63, 3.8) is 0 Å². The number of nitrogens with two attached hydrogens (primary N) is 1. The predicted molar refractivity (Wildman–Crippen MR) is 62.6 cm³/mol. The van der Waals surface area contributed by atoms with Gasteiger partial charge in [-0.25, -0.2) is 0 Å². The van der Waals surface area contributed by atoms with Crippen molar-refractivity contribution in [1.82, 2.24) is 5.32 Å². The Bertz CT molecular complexity index is 416. The van der Waals surface area contributed by atoms with E-state index in [1.165, 1.54) is 12.1 Å². The highest BCUT2D eigenvalue weighted by molar-refractivity contribution is 5.62. The van der Waals surface area contributed by atoms with Gasteiger partial charge >= 0.3 is 6.36 Å². The number of hydrogen-bond donors (Lipinski definition) is 2. The lowest BCUT2D eigenvalue weighted by molar-refractivity contribution is -0.274. The molecule has 0 unspecified atom stereocenters. The average Bonchev–Trinajstić information content (AvgIpc) is 2.31. The van der Waals surface area contributed by atoms with E-state index in [9.17, 15) is 13.2 Å². The number of hydrogen-bond acceptors (Lipinski definition) is 4. The summed E-state index contributed by atoms with van der Waals surface area (Å²) in [6.45, 7) is 3.10. The summed E-state index contributed by atoms with van der Waals surface area (Å²) in [4.78, 5) is 1.99. The van der Waals surface area contributed by atoms with E-state index in [2.05, 4.69) is 10.1 Å². The molecule has 1 fully saturated rings. The largest absolute Gasteiger partial charge is 0.573 e. The first-order chi connectivity index (χ1) is 8.46. The summed E-state index contributed by atoms with van der Waals surface area (Å²) in [6, 6.07) is 4.45. The molecule has 0 atom stereocenters. The standard InChI is InChI=1S/C11H14F3N3O/c12-11(13,14)18-10-7-8(1-2-9(10)15)17-5-3-16-4-6-17/h1-2,7,16H,3-6,15H2. The van der Waals surface area contributed by atoms with Crippen molar-refractivity contribution < 1.29 is 17.9 Å². The molecule has 1 aromatic rings. The number of nitrogens with zero attached hydrogens (tertiary/aromatic N) is 1. The SMILES string of the molecule is Nc1ccc(N2CCNCC2)cc1OC(F)(F)F. The van der Waals surface area contributed by atoms with Crippen molar-refractivity contribution in [2.45, 2.75) is 6.36 Å².